The molecular formula is C20H28N2O4Si. The van der Waals surface area contributed by atoms with E-state index in [1.54, 1.807) is 0 Å². The summed E-state index contributed by atoms with van der Waals surface area (Å²) in [5.41, 5.74) is 3.03. The standard InChI is InChI=1S/C20H28N2O4Si/c1-25-18(23)12-16-19-14(13-7-5-6-8-15(13)22-19)11-17(21-16)20(24)26-9-10-27(2,3)4/h5-8,16-17,21-22H,9-12H2,1-4H3/t16-,17-/m0/s1. The highest BCUT2D eigenvalue weighted by Crippen LogP contribution is 2.33. The molecule has 0 aliphatic carbocycles. The van der Waals surface area contributed by atoms with Crippen molar-refractivity contribution < 1.29 is 19.1 Å². The average molecular weight is 389 g/mol. The zero-order chi connectivity index (χ0) is 19.6. The molecule has 1 aliphatic rings. The van der Waals surface area contributed by atoms with Crippen molar-refractivity contribution in [3.63, 3.8) is 0 Å². The SMILES string of the molecule is COC(=O)C[C@@H]1N[C@H](C(=O)OCC[Si](C)(C)C)Cc2c1[nH]c1ccccc21. The van der Waals surface area contributed by atoms with Crippen LogP contribution in [0.2, 0.25) is 25.7 Å². The number of H-pyrrole nitrogens is 1. The van der Waals surface area contributed by atoms with Crippen LogP contribution in [0, 0.1) is 0 Å². The van der Waals surface area contributed by atoms with E-state index in [4.69, 9.17) is 9.47 Å². The third-order valence-corrected chi connectivity index (χ3v) is 6.69. The van der Waals surface area contributed by atoms with E-state index in [0.717, 1.165) is 28.2 Å². The van der Waals surface area contributed by atoms with Gasteiger partial charge in [0.2, 0.25) is 0 Å². The monoisotopic (exact) mass is 388 g/mol. The van der Waals surface area contributed by atoms with Gasteiger partial charge in [-0.2, -0.15) is 0 Å². The minimum Gasteiger partial charge on any atom is -0.469 e. The molecule has 2 heterocycles. The predicted octanol–water partition coefficient (Wildman–Crippen LogP) is 3.17. The number of rotatable bonds is 6. The Morgan fingerprint density at radius 1 is 1.22 bits per heavy atom. The predicted molar refractivity (Wildman–Crippen MR) is 107 cm³/mol. The number of esters is 2. The molecule has 0 spiro atoms. The maximum absolute atomic E-state index is 12.7. The van der Waals surface area contributed by atoms with E-state index < -0.39 is 14.1 Å². The highest BCUT2D eigenvalue weighted by molar-refractivity contribution is 6.76. The smallest absolute Gasteiger partial charge is 0.323 e. The lowest BCUT2D eigenvalue weighted by Crippen LogP contribution is -2.46. The number of benzene rings is 1. The molecule has 2 atom stereocenters. The molecule has 0 saturated heterocycles. The minimum absolute atomic E-state index is 0.162. The van der Waals surface area contributed by atoms with Gasteiger partial charge in [-0.15, -0.1) is 0 Å². The van der Waals surface area contributed by atoms with E-state index in [-0.39, 0.29) is 24.4 Å². The molecule has 0 saturated carbocycles. The summed E-state index contributed by atoms with van der Waals surface area (Å²) in [7, 11) is 0.114. The molecule has 0 unspecified atom stereocenters. The normalized spacial score (nSPS) is 19.6. The highest BCUT2D eigenvalue weighted by Gasteiger charge is 2.35. The largest absolute Gasteiger partial charge is 0.469 e. The molecule has 3 rings (SSSR count). The van der Waals surface area contributed by atoms with Crippen LogP contribution in [0.1, 0.15) is 23.7 Å². The fourth-order valence-electron chi connectivity index (χ4n) is 3.45. The number of ether oxygens (including phenoxy) is 2. The van der Waals surface area contributed by atoms with Gasteiger partial charge in [-0.05, 0) is 17.7 Å². The first-order valence-corrected chi connectivity index (χ1v) is 13.1. The number of nitrogens with one attached hydrogen (secondary N) is 2. The molecule has 1 aromatic heterocycles. The van der Waals surface area contributed by atoms with E-state index in [0.29, 0.717) is 13.0 Å². The maximum atomic E-state index is 12.7. The summed E-state index contributed by atoms with van der Waals surface area (Å²) in [6.45, 7) is 7.22. The summed E-state index contributed by atoms with van der Waals surface area (Å²) < 4.78 is 10.4. The Morgan fingerprint density at radius 2 is 1.96 bits per heavy atom. The number of para-hydroxylation sites is 1. The van der Waals surface area contributed by atoms with E-state index in [1.807, 2.05) is 24.3 Å². The van der Waals surface area contributed by atoms with Crippen molar-refractivity contribution in [2.75, 3.05) is 13.7 Å². The summed E-state index contributed by atoms with van der Waals surface area (Å²) in [6.07, 6.45) is 0.706. The first-order valence-electron chi connectivity index (χ1n) is 9.37. The van der Waals surface area contributed by atoms with Crippen LogP contribution in [0.3, 0.4) is 0 Å². The molecule has 0 fully saturated rings. The molecular weight excluding hydrogens is 360 g/mol. The van der Waals surface area contributed by atoms with Crippen LogP contribution in [0.25, 0.3) is 10.9 Å². The summed E-state index contributed by atoms with van der Waals surface area (Å²) in [5.74, 6) is -0.566. The van der Waals surface area contributed by atoms with Gasteiger partial charge in [0.25, 0.3) is 0 Å². The van der Waals surface area contributed by atoms with Crippen molar-refractivity contribution in [3.8, 4) is 0 Å². The second-order valence-electron chi connectivity index (χ2n) is 8.30. The third-order valence-electron chi connectivity index (χ3n) is 4.99. The minimum atomic E-state index is -1.26. The topological polar surface area (TPSA) is 80.4 Å². The van der Waals surface area contributed by atoms with Crippen molar-refractivity contribution in [2.24, 2.45) is 0 Å². The molecule has 7 heteroatoms. The Balaban J connectivity index is 1.82. The fourth-order valence-corrected chi connectivity index (χ4v) is 4.16. The maximum Gasteiger partial charge on any atom is 0.323 e. The molecule has 2 N–H and O–H groups in total. The van der Waals surface area contributed by atoms with Crippen LogP contribution in [-0.4, -0.2) is 44.8 Å². The first-order chi connectivity index (χ1) is 12.8. The first kappa shape index (κ1) is 19.6. The van der Waals surface area contributed by atoms with Crippen LogP contribution in [0.15, 0.2) is 24.3 Å². The van der Waals surface area contributed by atoms with Gasteiger partial charge in [0, 0.05) is 31.1 Å². The van der Waals surface area contributed by atoms with Crippen LogP contribution in [-0.2, 0) is 25.5 Å². The number of methoxy groups -OCH3 is 1. The van der Waals surface area contributed by atoms with Crippen LogP contribution >= 0.6 is 0 Å². The molecule has 0 radical (unpaired) electrons. The summed E-state index contributed by atoms with van der Waals surface area (Å²) in [5, 5.41) is 4.37. The van der Waals surface area contributed by atoms with Gasteiger partial charge < -0.3 is 14.5 Å². The van der Waals surface area contributed by atoms with Crippen LogP contribution in [0.4, 0.5) is 0 Å². The zero-order valence-electron chi connectivity index (χ0n) is 16.4. The Kier molecular flexibility index (Phi) is 5.71. The average Bonchev–Trinajstić information content (AvgIpc) is 2.99. The number of hydrogen-bond donors (Lipinski definition) is 2. The molecule has 6 nitrogen and oxygen atoms in total. The second kappa shape index (κ2) is 7.86. The summed E-state index contributed by atoms with van der Waals surface area (Å²) >= 11 is 0. The lowest BCUT2D eigenvalue weighted by atomic mass is 9.92. The second-order valence-corrected chi connectivity index (χ2v) is 13.9. The van der Waals surface area contributed by atoms with E-state index in [2.05, 4.69) is 29.9 Å². The van der Waals surface area contributed by atoms with Gasteiger partial charge in [-0.3, -0.25) is 14.9 Å². The quantitative estimate of drug-likeness (QED) is 0.587. The van der Waals surface area contributed by atoms with E-state index in [1.165, 1.54) is 7.11 Å². The molecule has 146 valence electrons. The van der Waals surface area contributed by atoms with Crippen molar-refractivity contribution in [1.82, 2.24) is 10.3 Å². The number of aromatic amines is 1. The molecule has 27 heavy (non-hydrogen) atoms. The highest BCUT2D eigenvalue weighted by atomic mass is 28.3. The molecule has 0 amide bonds. The molecule has 1 aromatic carbocycles. The Labute approximate surface area is 160 Å². The van der Waals surface area contributed by atoms with Gasteiger partial charge in [0.05, 0.1) is 26.2 Å². The third kappa shape index (κ3) is 4.59. The van der Waals surface area contributed by atoms with Gasteiger partial charge in [-0.25, -0.2) is 0 Å². The van der Waals surface area contributed by atoms with Crippen LogP contribution in [0.5, 0.6) is 0 Å². The molecule has 0 bridgehead atoms. The van der Waals surface area contributed by atoms with E-state index >= 15 is 0 Å². The number of aromatic nitrogens is 1. The van der Waals surface area contributed by atoms with Gasteiger partial charge >= 0.3 is 11.9 Å². The number of carbonyl (C=O) groups is 2. The lowest BCUT2D eigenvalue weighted by molar-refractivity contribution is -0.147. The van der Waals surface area contributed by atoms with Crippen molar-refractivity contribution >= 4 is 30.9 Å². The van der Waals surface area contributed by atoms with Gasteiger partial charge in [0.15, 0.2) is 0 Å². The van der Waals surface area contributed by atoms with Crippen LogP contribution < -0.4 is 5.32 Å². The Bertz CT molecular complexity index is 840. The van der Waals surface area contributed by atoms with Gasteiger partial charge in [0.1, 0.15) is 6.04 Å². The lowest BCUT2D eigenvalue weighted by Gasteiger charge is -2.30. The van der Waals surface area contributed by atoms with Crippen molar-refractivity contribution in [2.45, 2.75) is 50.6 Å². The zero-order valence-corrected chi connectivity index (χ0v) is 17.4. The number of carbonyl (C=O) groups excluding carboxylic acids is 2. The van der Waals surface area contributed by atoms with Crippen molar-refractivity contribution in [1.29, 1.82) is 0 Å². The summed E-state index contributed by atoms with van der Waals surface area (Å²) in [6, 6.07) is 8.17. The Morgan fingerprint density at radius 3 is 2.67 bits per heavy atom. The molecule has 1 aliphatic heterocycles. The van der Waals surface area contributed by atoms with E-state index in [9.17, 15) is 9.59 Å². The molecule has 2 aromatic rings. The number of fused-ring (bicyclic) bond motifs is 3. The fraction of sp³-hybridized carbons (Fsp3) is 0.500. The number of hydrogen-bond acceptors (Lipinski definition) is 5. The Hall–Kier alpha value is -2.12. The summed E-state index contributed by atoms with van der Waals surface area (Å²) in [4.78, 5) is 27.9. The van der Waals surface area contributed by atoms with Crippen molar-refractivity contribution in [3.05, 3.63) is 35.5 Å². The van der Waals surface area contributed by atoms with Gasteiger partial charge in [-0.1, -0.05) is 37.8 Å².